The molecule has 3 heteroatoms. The SMILES string of the molecule is CC(C)(C)CCCN.CC(C)(C)CN.CC(N)C(C)(C)C. The van der Waals surface area contributed by atoms with Crippen LogP contribution in [0.2, 0.25) is 0 Å². The van der Waals surface area contributed by atoms with Crippen molar-refractivity contribution in [3.8, 4) is 0 Å². The van der Waals surface area contributed by atoms with Crippen molar-refractivity contribution in [2.75, 3.05) is 13.1 Å². The van der Waals surface area contributed by atoms with Crippen LogP contribution in [0.4, 0.5) is 0 Å². The molecule has 0 saturated carbocycles. The van der Waals surface area contributed by atoms with E-state index in [2.05, 4.69) is 62.3 Å². The van der Waals surface area contributed by atoms with Gasteiger partial charge in [0.1, 0.15) is 0 Å². The van der Waals surface area contributed by atoms with Crippen molar-refractivity contribution in [2.24, 2.45) is 33.4 Å². The molecule has 0 rings (SSSR count). The first-order chi connectivity index (χ1) is 9.06. The Morgan fingerprint density at radius 2 is 1.05 bits per heavy atom. The van der Waals surface area contributed by atoms with E-state index in [0.717, 1.165) is 19.5 Å². The topological polar surface area (TPSA) is 78.1 Å². The predicted molar refractivity (Wildman–Crippen MR) is 99.4 cm³/mol. The van der Waals surface area contributed by atoms with Gasteiger partial charge in [0.2, 0.25) is 0 Å². The number of hydrogen-bond donors (Lipinski definition) is 3. The minimum atomic E-state index is 0.278. The van der Waals surface area contributed by atoms with Gasteiger partial charge >= 0.3 is 0 Å². The van der Waals surface area contributed by atoms with E-state index in [9.17, 15) is 0 Å². The van der Waals surface area contributed by atoms with Crippen molar-refractivity contribution in [1.82, 2.24) is 0 Å². The number of nitrogens with two attached hydrogens (primary N) is 3. The van der Waals surface area contributed by atoms with E-state index in [1.165, 1.54) is 6.42 Å². The summed E-state index contributed by atoms with van der Waals surface area (Å²) in [6, 6.07) is 0.299. The highest BCUT2D eigenvalue weighted by Gasteiger charge is 2.14. The van der Waals surface area contributed by atoms with Gasteiger partial charge in [-0.3, -0.25) is 0 Å². The molecule has 0 aliphatic carbocycles. The van der Waals surface area contributed by atoms with Gasteiger partial charge in [-0.25, -0.2) is 0 Å². The number of hydrogen-bond acceptors (Lipinski definition) is 3. The highest BCUT2D eigenvalue weighted by atomic mass is 14.6. The predicted octanol–water partition coefficient (Wildman–Crippen LogP) is 4.14. The fourth-order valence-electron chi connectivity index (χ4n) is 0.632. The van der Waals surface area contributed by atoms with Crippen molar-refractivity contribution in [3.05, 3.63) is 0 Å². The van der Waals surface area contributed by atoms with Crippen LogP contribution in [-0.4, -0.2) is 19.1 Å². The quantitative estimate of drug-likeness (QED) is 0.717. The third-order valence-electron chi connectivity index (χ3n) is 3.11. The normalized spacial score (nSPS) is 13.6. The zero-order valence-electron chi connectivity index (χ0n) is 16.6. The zero-order chi connectivity index (χ0) is 17.9. The van der Waals surface area contributed by atoms with Crippen LogP contribution >= 0.6 is 0 Å². The van der Waals surface area contributed by atoms with E-state index in [0.29, 0.717) is 16.9 Å². The molecule has 0 aromatic rings. The summed E-state index contributed by atoms with van der Waals surface area (Å²) < 4.78 is 0. The molecule has 0 aromatic heterocycles. The summed E-state index contributed by atoms with van der Waals surface area (Å²) in [4.78, 5) is 0. The molecule has 0 heterocycles. The molecule has 6 N–H and O–H groups in total. The van der Waals surface area contributed by atoms with Crippen LogP contribution in [-0.2, 0) is 0 Å². The summed E-state index contributed by atoms with van der Waals surface area (Å²) in [6.07, 6.45) is 2.40. The summed E-state index contributed by atoms with van der Waals surface area (Å²) in [5.41, 5.74) is 17.3. The standard InChI is InChI=1S/C7H17N.C6H15N.C5H13N/c1-7(2,3)5-4-6-8;1-5(7)6(2,3)4;1-5(2,3)4-6/h4-6,8H2,1-3H3;5H,7H2,1-4H3;4,6H2,1-3H3. The highest BCUT2D eigenvalue weighted by molar-refractivity contribution is 4.71. The highest BCUT2D eigenvalue weighted by Crippen LogP contribution is 2.19. The molecule has 0 fully saturated rings. The monoisotopic (exact) mass is 303 g/mol. The molecule has 1 unspecified atom stereocenters. The van der Waals surface area contributed by atoms with Crippen LogP contribution in [0.1, 0.15) is 82.1 Å². The molecule has 1 atom stereocenters. The lowest BCUT2D eigenvalue weighted by Crippen LogP contribution is -2.31. The van der Waals surface area contributed by atoms with Gasteiger partial charge < -0.3 is 17.2 Å². The van der Waals surface area contributed by atoms with Crippen LogP contribution < -0.4 is 17.2 Å². The Hall–Kier alpha value is -0.120. The summed E-state index contributed by atoms with van der Waals surface area (Å²) in [6.45, 7) is 23.1. The van der Waals surface area contributed by atoms with Gasteiger partial charge in [0.25, 0.3) is 0 Å². The van der Waals surface area contributed by atoms with Crippen LogP contribution in [0.15, 0.2) is 0 Å². The molecule has 0 radical (unpaired) electrons. The maximum atomic E-state index is 5.57. The third-order valence-corrected chi connectivity index (χ3v) is 3.11. The molecule has 0 aliphatic heterocycles. The van der Waals surface area contributed by atoms with E-state index < -0.39 is 0 Å². The second-order valence-electron chi connectivity index (χ2n) is 9.37. The molecule has 0 aromatic carbocycles. The largest absolute Gasteiger partial charge is 0.330 e. The fraction of sp³-hybridized carbons (Fsp3) is 1.00. The third kappa shape index (κ3) is 33.0. The lowest BCUT2D eigenvalue weighted by molar-refractivity contribution is 0.340. The Morgan fingerprint density at radius 3 is 1.10 bits per heavy atom. The molecule has 0 aliphatic rings. The first-order valence-electron chi connectivity index (χ1n) is 8.22. The van der Waals surface area contributed by atoms with E-state index in [1.54, 1.807) is 0 Å². The Labute approximate surface area is 135 Å². The minimum absolute atomic E-state index is 0.278. The first kappa shape index (κ1) is 25.8. The summed E-state index contributed by atoms with van der Waals surface area (Å²) in [5.74, 6) is 0. The van der Waals surface area contributed by atoms with Crippen LogP contribution in [0, 0.1) is 16.2 Å². The van der Waals surface area contributed by atoms with Gasteiger partial charge in [-0.05, 0) is 49.1 Å². The summed E-state index contributed by atoms with van der Waals surface area (Å²) in [5, 5.41) is 0. The van der Waals surface area contributed by atoms with Crippen molar-refractivity contribution < 1.29 is 0 Å². The van der Waals surface area contributed by atoms with Crippen molar-refractivity contribution >= 4 is 0 Å². The number of rotatable bonds is 2. The summed E-state index contributed by atoms with van der Waals surface area (Å²) >= 11 is 0. The van der Waals surface area contributed by atoms with Gasteiger partial charge in [-0.2, -0.15) is 0 Å². The van der Waals surface area contributed by atoms with Crippen LogP contribution in [0.25, 0.3) is 0 Å². The lowest BCUT2D eigenvalue weighted by Gasteiger charge is -2.22. The molecule has 21 heavy (non-hydrogen) atoms. The Bertz CT molecular complexity index is 214. The van der Waals surface area contributed by atoms with E-state index in [1.807, 2.05) is 6.92 Å². The zero-order valence-corrected chi connectivity index (χ0v) is 16.6. The lowest BCUT2D eigenvalue weighted by atomic mass is 9.89. The average Bonchev–Trinajstić information content (AvgIpc) is 2.24. The van der Waals surface area contributed by atoms with Crippen LogP contribution in [0.3, 0.4) is 0 Å². The first-order valence-corrected chi connectivity index (χ1v) is 8.22. The molecule has 0 amide bonds. The average molecular weight is 304 g/mol. The van der Waals surface area contributed by atoms with Gasteiger partial charge in [0, 0.05) is 6.04 Å². The summed E-state index contributed by atoms with van der Waals surface area (Å²) in [7, 11) is 0. The Morgan fingerprint density at radius 1 is 0.762 bits per heavy atom. The molecule has 0 saturated heterocycles. The second kappa shape index (κ2) is 11.4. The molecule has 0 spiro atoms. The van der Waals surface area contributed by atoms with Crippen LogP contribution in [0.5, 0.6) is 0 Å². The van der Waals surface area contributed by atoms with Gasteiger partial charge in [-0.1, -0.05) is 62.3 Å². The van der Waals surface area contributed by atoms with Crippen molar-refractivity contribution in [2.45, 2.75) is 88.1 Å². The van der Waals surface area contributed by atoms with Gasteiger partial charge in [-0.15, -0.1) is 0 Å². The molecule has 3 nitrogen and oxygen atoms in total. The molecular weight excluding hydrogens is 258 g/mol. The maximum absolute atomic E-state index is 5.57. The smallest absolute Gasteiger partial charge is 0.00591 e. The molecule has 0 bridgehead atoms. The van der Waals surface area contributed by atoms with E-state index >= 15 is 0 Å². The molecule has 132 valence electrons. The van der Waals surface area contributed by atoms with Gasteiger partial charge in [0.05, 0.1) is 0 Å². The molecular formula is C18H45N3. The Balaban J connectivity index is -0.000000234. The maximum Gasteiger partial charge on any atom is 0.00591 e. The minimum Gasteiger partial charge on any atom is -0.330 e. The van der Waals surface area contributed by atoms with Gasteiger partial charge in [0.15, 0.2) is 0 Å². The van der Waals surface area contributed by atoms with E-state index in [-0.39, 0.29) is 5.41 Å². The van der Waals surface area contributed by atoms with E-state index in [4.69, 9.17) is 17.2 Å². The van der Waals surface area contributed by atoms with Crippen molar-refractivity contribution in [3.63, 3.8) is 0 Å². The Kier molecular flexibility index (Phi) is 14.1. The fourth-order valence-corrected chi connectivity index (χ4v) is 0.632. The second-order valence-corrected chi connectivity index (χ2v) is 9.37. The van der Waals surface area contributed by atoms with Crippen molar-refractivity contribution in [1.29, 1.82) is 0 Å².